The van der Waals surface area contributed by atoms with Gasteiger partial charge in [0.1, 0.15) is 58.6 Å². The summed E-state index contributed by atoms with van der Waals surface area (Å²) in [5, 5.41) is 74.0. The normalized spacial score (nSPS) is 13.1. The predicted octanol–water partition coefficient (Wildman–Crippen LogP) is 8.12. The van der Waals surface area contributed by atoms with Gasteiger partial charge in [-0.15, -0.1) is 40.9 Å². The highest BCUT2D eigenvalue weighted by molar-refractivity contribution is 7.87. The second-order valence-electron chi connectivity index (χ2n) is 16.7. The Balaban J connectivity index is 1.20. The van der Waals surface area contributed by atoms with Gasteiger partial charge in [-0.25, -0.2) is 0 Å². The van der Waals surface area contributed by atoms with E-state index in [1.54, 1.807) is 0 Å². The van der Waals surface area contributed by atoms with E-state index in [0.717, 1.165) is 60.7 Å². The van der Waals surface area contributed by atoms with Crippen molar-refractivity contribution < 1.29 is 108 Å². The molecular weight excluding hydrogens is 1300 g/mol. The van der Waals surface area contributed by atoms with Crippen LogP contribution in [0.3, 0.4) is 0 Å². The molecule has 86 heavy (non-hydrogen) atoms. The average molecular weight is 1330 g/mol. The molecule has 8 aromatic rings. The number of nitro groups is 1. The fraction of sp³-hybridized carbons (Fsp3) is 0. The molecule has 0 spiro atoms. The van der Waals surface area contributed by atoms with Crippen LogP contribution in [-0.2, 0) is 65.5 Å². The van der Waals surface area contributed by atoms with Crippen LogP contribution in [0.15, 0.2) is 161 Å². The molecule has 0 unspecified atom stereocenters. The molecule has 0 saturated carbocycles. The molecule has 0 aliphatic carbocycles. The number of fused-ring (bicyclic) bond motifs is 2. The Morgan fingerprint density at radius 2 is 1.07 bits per heavy atom. The van der Waals surface area contributed by atoms with Crippen LogP contribution in [0.2, 0.25) is 5.02 Å². The third kappa shape index (κ3) is 12.6. The van der Waals surface area contributed by atoms with Crippen molar-refractivity contribution in [3.63, 3.8) is 0 Å². The van der Waals surface area contributed by atoms with Crippen molar-refractivity contribution in [1.82, 2.24) is 9.78 Å². The lowest BCUT2D eigenvalue weighted by molar-refractivity contribution is -0.385. The molecule has 0 fully saturated rings. The van der Waals surface area contributed by atoms with E-state index < -0.39 is 202 Å². The Kier molecular flexibility index (Phi) is 16.3. The minimum absolute atomic E-state index is 0.135. The third-order valence-corrected chi connectivity index (χ3v) is 16.9. The molecule has 0 aliphatic heterocycles. The number of hydrogen-bond acceptors (Lipinski definition) is 29. The zero-order chi connectivity index (χ0) is 63.6. The molecule has 8 rings (SSSR count). The summed E-state index contributed by atoms with van der Waals surface area (Å²) in [7, 11) is -32.1. The minimum Gasteiger partial charge on any atom is -0.505 e. The highest BCUT2D eigenvalue weighted by atomic mass is 35.5. The number of aromatic nitrogens is 2. The number of phenolic OH excluding ortho intramolecular Hbond substituents is 2. The minimum atomic E-state index is -5.71. The Bertz CT molecular complexity index is 5140. The van der Waals surface area contributed by atoms with Gasteiger partial charge in [-0.1, -0.05) is 17.7 Å². The number of aromatic hydroxyl groups is 3. The Morgan fingerprint density at radius 1 is 0.535 bits per heavy atom. The molecule has 0 atom stereocenters. The predicted molar refractivity (Wildman–Crippen MR) is 288 cm³/mol. The monoisotopic (exact) mass is 1330 g/mol. The fourth-order valence-electron chi connectivity index (χ4n) is 7.64. The van der Waals surface area contributed by atoms with Gasteiger partial charge in [0.05, 0.1) is 37.3 Å². The van der Waals surface area contributed by atoms with E-state index in [1.807, 2.05) is 0 Å². The van der Waals surface area contributed by atoms with Crippen LogP contribution >= 0.6 is 11.6 Å². The van der Waals surface area contributed by atoms with E-state index in [9.17, 15) is 108 Å². The van der Waals surface area contributed by atoms with Crippen molar-refractivity contribution in [3.05, 3.63) is 106 Å². The number of nitrogen functional groups attached to an aromatic ring is 1. The molecule has 7 aromatic carbocycles. The van der Waals surface area contributed by atoms with Gasteiger partial charge >= 0.3 is 0 Å². The third-order valence-electron chi connectivity index (χ3n) is 11.3. The summed E-state index contributed by atoms with van der Waals surface area (Å²) in [6.45, 7) is -0.183. The molecule has 37 nitrogen and oxygen atoms in total. The van der Waals surface area contributed by atoms with Crippen molar-refractivity contribution in [2.45, 2.75) is 29.4 Å². The van der Waals surface area contributed by atoms with Gasteiger partial charge in [-0.3, -0.25) is 42.2 Å². The number of carbonyl (C=O) groups excluding carboxylic acids is 1. The van der Waals surface area contributed by atoms with Crippen molar-refractivity contribution >= 4 is 157 Å². The largest absolute Gasteiger partial charge is 0.505 e. The number of halogens is 1. The SMILES string of the molecule is Nc1c(N=Nc2ccc3c(O)c(N=Nc4cc(Cl)c(N=Nc5c(OC=O)nn(-c6ccc(S(=O)(=O)O)cc6)c5O)c(S(=O)(=O)O)c4)c(S(=O)(=O)O)cc3c2S(=O)(=O)O)cc(S(=O)(=O)O)c2ccc(N=Nc3ccc([N+](=O)[O-])cc3S(=O)(=O)O)c(O)c12. The molecule has 11 N–H and O–H groups in total. The second kappa shape index (κ2) is 22.5. The van der Waals surface area contributed by atoms with Crippen molar-refractivity contribution in [1.29, 1.82) is 0 Å². The smallest absolute Gasteiger partial charge is 0.299 e. The van der Waals surface area contributed by atoms with Crippen LogP contribution in [-0.4, -0.2) is 114 Å². The number of non-ortho nitro benzene ring substituents is 1. The molecule has 1 heterocycles. The first-order chi connectivity index (χ1) is 39.8. The molecule has 0 amide bonds. The lowest BCUT2D eigenvalue weighted by Crippen LogP contribution is -2.03. The number of azo groups is 4. The zero-order valence-corrected chi connectivity index (χ0v) is 46.8. The van der Waals surface area contributed by atoms with E-state index in [-0.39, 0.29) is 12.2 Å². The van der Waals surface area contributed by atoms with Crippen LogP contribution < -0.4 is 10.5 Å². The number of anilines is 1. The lowest BCUT2D eigenvalue weighted by Gasteiger charge is -2.13. The summed E-state index contributed by atoms with van der Waals surface area (Å²) in [6.07, 6.45) is 0. The average Bonchev–Trinajstić information content (AvgIpc) is 0.960. The quantitative estimate of drug-likeness (QED) is 0.00967. The molecule has 0 bridgehead atoms. The van der Waals surface area contributed by atoms with Gasteiger partial charge in [0.25, 0.3) is 78.7 Å². The van der Waals surface area contributed by atoms with Gasteiger partial charge in [0, 0.05) is 28.3 Å². The maximum Gasteiger partial charge on any atom is 0.299 e. The van der Waals surface area contributed by atoms with Gasteiger partial charge in [-0.05, 0) is 72.8 Å². The number of ether oxygens (including phenoxy) is 1. The fourth-order valence-corrected chi connectivity index (χ4v) is 11.9. The second-order valence-corrected chi connectivity index (χ2v) is 25.4. The number of rotatable bonds is 18. The Labute approximate surface area is 483 Å². The van der Waals surface area contributed by atoms with Crippen LogP contribution in [0.5, 0.6) is 23.3 Å². The number of nitro benzene ring substituents is 1. The standard InChI is InChI=1S/C42H27ClN12O25S6/c43-24-11-17(12-31(84(71,72)73)35(24)50-52-37-41(80-16-56)53-54(42(37)59)18-1-4-20(5-2-18)81(62,63)64)45-51-36-32(85(74,75)76)14-23-21(38(36)57)6-10-27(40(23)86(77,78)79)48-49-28-15-29(82(65,66)67)22-7-9-26(39(58)33(22)34(28)44)47-46-25-8-3-19(55(60)61)13-30(25)83(68,69)70/h1-16,57-59H,44H2,(H,62,63,64)(H,65,66,67)(H,68,69,70)(H,71,72,73)(H,74,75,76)(H,77,78,79). The highest BCUT2D eigenvalue weighted by Gasteiger charge is 2.30. The van der Waals surface area contributed by atoms with Crippen LogP contribution in [0.4, 0.5) is 56.9 Å². The Hall–Kier alpha value is -9.51. The van der Waals surface area contributed by atoms with Gasteiger partial charge in [0.2, 0.25) is 11.6 Å². The first kappa shape index (κ1) is 62.5. The summed E-state index contributed by atoms with van der Waals surface area (Å²) in [4.78, 5) is 14.6. The molecule has 0 aliphatic rings. The summed E-state index contributed by atoms with van der Waals surface area (Å²) in [5.74, 6) is -4.23. The number of carbonyl (C=O) groups is 1. The number of nitrogens with zero attached hydrogens (tertiary/aromatic N) is 11. The molecule has 1 aromatic heterocycles. The Morgan fingerprint density at radius 3 is 1.65 bits per heavy atom. The number of benzene rings is 7. The topological polar surface area (TPSA) is 599 Å². The molecule has 44 heteroatoms. The molecular formula is C42H27ClN12O25S6. The lowest BCUT2D eigenvalue weighted by atomic mass is 10.1. The van der Waals surface area contributed by atoms with E-state index in [4.69, 9.17) is 22.1 Å². The summed E-state index contributed by atoms with van der Waals surface area (Å²) >= 11 is 6.31. The maximum atomic E-state index is 13.1. The summed E-state index contributed by atoms with van der Waals surface area (Å²) in [6, 6.07) is 11.1. The molecule has 0 radical (unpaired) electrons. The van der Waals surface area contributed by atoms with Gasteiger partial charge in [0.15, 0.2) is 11.5 Å². The number of nitrogens with two attached hydrogens (primary N) is 1. The van der Waals surface area contributed by atoms with E-state index in [2.05, 4.69) is 46.0 Å². The molecule has 448 valence electrons. The maximum absolute atomic E-state index is 13.1. The van der Waals surface area contributed by atoms with Crippen LogP contribution in [0.1, 0.15) is 0 Å². The van der Waals surface area contributed by atoms with Crippen molar-refractivity contribution in [2.24, 2.45) is 40.9 Å². The first-order valence-corrected chi connectivity index (χ1v) is 30.9. The van der Waals surface area contributed by atoms with Crippen LogP contribution in [0, 0.1) is 10.1 Å². The van der Waals surface area contributed by atoms with E-state index in [0.29, 0.717) is 35.0 Å². The van der Waals surface area contributed by atoms with E-state index in [1.165, 1.54) is 0 Å². The van der Waals surface area contributed by atoms with Crippen LogP contribution in [0.25, 0.3) is 27.2 Å². The first-order valence-electron chi connectivity index (χ1n) is 21.9. The summed E-state index contributed by atoms with van der Waals surface area (Å²) in [5.41, 5.74) is -2.32. The van der Waals surface area contributed by atoms with Crippen molar-refractivity contribution in [2.75, 3.05) is 5.73 Å². The number of phenols is 2. The van der Waals surface area contributed by atoms with E-state index >= 15 is 0 Å². The van der Waals surface area contributed by atoms with Gasteiger partial charge < -0.3 is 25.8 Å². The zero-order valence-electron chi connectivity index (χ0n) is 41.1. The van der Waals surface area contributed by atoms with Crippen molar-refractivity contribution in [3.8, 4) is 28.9 Å². The van der Waals surface area contributed by atoms with Gasteiger partial charge in [-0.2, -0.15) is 60.3 Å². The number of hydrogen-bond donors (Lipinski definition) is 10. The molecule has 0 saturated heterocycles. The summed E-state index contributed by atoms with van der Waals surface area (Å²) < 4.78 is 215. The highest BCUT2D eigenvalue weighted by Crippen LogP contribution is 2.49.